The van der Waals surface area contributed by atoms with Crippen molar-refractivity contribution in [3.63, 3.8) is 0 Å². The first-order valence-electron chi connectivity index (χ1n) is 2.61. The van der Waals surface area contributed by atoms with Crippen LogP contribution in [0.15, 0.2) is 0 Å². The molecule has 0 spiro atoms. The third-order valence-corrected chi connectivity index (χ3v) is 1.02. The highest BCUT2D eigenvalue weighted by Gasteiger charge is 2.07. The van der Waals surface area contributed by atoms with E-state index in [0.717, 1.165) is 0 Å². The summed E-state index contributed by atoms with van der Waals surface area (Å²) in [6.45, 7) is 2.10. The second-order valence-electron chi connectivity index (χ2n) is 1.82. The molecule has 0 aromatic heterocycles. The molecule has 0 unspecified atom stereocenters. The van der Waals surface area contributed by atoms with Crippen molar-refractivity contribution >= 4 is 5.97 Å². The Kier molecular flexibility index (Phi) is 3.19. The SMILES string of the molecule is C[C@H](CCN)C(=O)O. The summed E-state index contributed by atoms with van der Waals surface area (Å²) in [6, 6.07) is 0. The number of carbonyl (C=O) groups is 1. The minimum atomic E-state index is -0.768. The van der Waals surface area contributed by atoms with Gasteiger partial charge in [-0.15, -0.1) is 0 Å². The molecule has 0 aromatic rings. The summed E-state index contributed by atoms with van der Waals surface area (Å²) in [4.78, 5) is 10.0. The number of carboxylic acids is 1. The van der Waals surface area contributed by atoms with Crippen molar-refractivity contribution in [2.24, 2.45) is 11.7 Å². The molecule has 0 aliphatic rings. The van der Waals surface area contributed by atoms with Crippen LogP contribution < -0.4 is 5.73 Å². The Balaban J connectivity index is 3.32. The topological polar surface area (TPSA) is 63.3 Å². The molecule has 0 amide bonds. The van der Waals surface area contributed by atoms with Crippen LogP contribution in [0, 0.1) is 5.92 Å². The minimum absolute atomic E-state index is 0.292. The molecule has 8 heavy (non-hydrogen) atoms. The summed E-state index contributed by atoms with van der Waals surface area (Å²) in [6.07, 6.45) is 0.565. The lowest BCUT2D eigenvalue weighted by Gasteiger charge is -2.00. The van der Waals surface area contributed by atoms with Gasteiger partial charge >= 0.3 is 5.97 Å². The lowest BCUT2D eigenvalue weighted by Crippen LogP contribution is -2.14. The van der Waals surface area contributed by atoms with Crippen molar-refractivity contribution < 1.29 is 9.90 Å². The van der Waals surface area contributed by atoms with Gasteiger partial charge < -0.3 is 10.8 Å². The molecule has 0 bridgehead atoms. The van der Waals surface area contributed by atoms with Crippen LogP contribution in [0.4, 0.5) is 0 Å². The molecular weight excluding hydrogens is 106 g/mol. The van der Waals surface area contributed by atoms with Crippen molar-refractivity contribution in [1.82, 2.24) is 0 Å². The normalized spacial score (nSPS) is 13.2. The molecule has 0 aliphatic carbocycles. The van der Waals surface area contributed by atoms with E-state index >= 15 is 0 Å². The Morgan fingerprint density at radius 3 is 2.50 bits per heavy atom. The van der Waals surface area contributed by atoms with E-state index in [1.165, 1.54) is 0 Å². The fraction of sp³-hybridized carbons (Fsp3) is 0.800. The van der Waals surface area contributed by atoms with Crippen LogP contribution in [0.3, 0.4) is 0 Å². The highest BCUT2D eigenvalue weighted by atomic mass is 16.4. The molecule has 0 rings (SSSR count). The molecule has 48 valence electrons. The number of hydrogen-bond acceptors (Lipinski definition) is 2. The average molecular weight is 117 g/mol. The molecule has 1 atom stereocenters. The first-order chi connectivity index (χ1) is 3.68. The van der Waals surface area contributed by atoms with Crippen molar-refractivity contribution in [2.75, 3.05) is 6.54 Å². The number of carboxylic acid groups (broad SMARTS) is 1. The van der Waals surface area contributed by atoms with E-state index in [4.69, 9.17) is 10.8 Å². The van der Waals surface area contributed by atoms with Crippen molar-refractivity contribution in [2.45, 2.75) is 13.3 Å². The highest BCUT2D eigenvalue weighted by molar-refractivity contribution is 5.69. The van der Waals surface area contributed by atoms with Gasteiger partial charge in [0.2, 0.25) is 0 Å². The lowest BCUT2D eigenvalue weighted by molar-refractivity contribution is -0.141. The first kappa shape index (κ1) is 7.43. The summed E-state index contributed by atoms with van der Waals surface area (Å²) >= 11 is 0. The standard InChI is InChI=1S/C5H11NO2/c1-4(2-3-6)5(7)8/h4H,2-3,6H2,1H3,(H,7,8)/t4-/m1/s1. The van der Waals surface area contributed by atoms with E-state index in [1.807, 2.05) is 0 Å². The first-order valence-corrected chi connectivity index (χ1v) is 2.61. The predicted octanol–water partition coefficient (Wildman–Crippen LogP) is 0.0559. The van der Waals surface area contributed by atoms with Gasteiger partial charge in [-0.25, -0.2) is 0 Å². The van der Waals surface area contributed by atoms with Crippen LogP contribution in [0.2, 0.25) is 0 Å². The maximum atomic E-state index is 10.0. The van der Waals surface area contributed by atoms with E-state index in [2.05, 4.69) is 0 Å². The van der Waals surface area contributed by atoms with Crippen LogP contribution in [0.1, 0.15) is 13.3 Å². The summed E-state index contributed by atoms with van der Waals surface area (Å²) in [7, 11) is 0. The summed E-state index contributed by atoms with van der Waals surface area (Å²) in [5.74, 6) is -1.06. The van der Waals surface area contributed by atoms with Gasteiger partial charge in [0.15, 0.2) is 0 Å². The zero-order chi connectivity index (χ0) is 6.57. The van der Waals surface area contributed by atoms with Crippen molar-refractivity contribution in [3.05, 3.63) is 0 Å². The van der Waals surface area contributed by atoms with Crippen molar-refractivity contribution in [1.29, 1.82) is 0 Å². The van der Waals surface area contributed by atoms with E-state index in [-0.39, 0.29) is 5.92 Å². The maximum Gasteiger partial charge on any atom is 0.306 e. The maximum absolute atomic E-state index is 10.0. The molecule has 0 saturated carbocycles. The number of nitrogens with two attached hydrogens (primary N) is 1. The van der Waals surface area contributed by atoms with Gasteiger partial charge in [-0.1, -0.05) is 6.92 Å². The monoisotopic (exact) mass is 117 g/mol. The van der Waals surface area contributed by atoms with Gasteiger partial charge in [-0.2, -0.15) is 0 Å². The second-order valence-corrected chi connectivity index (χ2v) is 1.82. The smallest absolute Gasteiger partial charge is 0.306 e. The minimum Gasteiger partial charge on any atom is -0.481 e. The fourth-order valence-electron chi connectivity index (χ4n) is 0.373. The molecular formula is C5H11NO2. The van der Waals surface area contributed by atoms with Crippen LogP contribution in [-0.2, 0) is 4.79 Å². The zero-order valence-corrected chi connectivity index (χ0v) is 4.92. The third kappa shape index (κ3) is 2.58. The second kappa shape index (κ2) is 3.43. The molecule has 0 aromatic carbocycles. The summed E-state index contributed by atoms with van der Waals surface area (Å²) in [5, 5.41) is 8.26. The van der Waals surface area contributed by atoms with Crippen LogP contribution in [0.25, 0.3) is 0 Å². The van der Waals surface area contributed by atoms with Gasteiger partial charge in [0.05, 0.1) is 5.92 Å². The van der Waals surface area contributed by atoms with E-state index in [9.17, 15) is 4.79 Å². The molecule has 0 aliphatic heterocycles. The molecule has 0 fully saturated rings. The Bertz CT molecular complexity index is 82.5. The third-order valence-electron chi connectivity index (χ3n) is 1.02. The summed E-state index contributed by atoms with van der Waals surface area (Å²) in [5.41, 5.74) is 5.10. The number of rotatable bonds is 3. The molecule has 3 nitrogen and oxygen atoms in total. The van der Waals surface area contributed by atoms with Gasteiger partial charge in [0.25, 0.3) is 0 Å². The van der Waals surface area contributed by atoms with E-state index in [1.54, 1.807) is 6.92 Å². The van der Waals surface area contributed by atoms with Crippen LogP contribution in [0.5, 0.6) is 0 Å². The Morgan fingerprint density at radius 1 is 1.88 bits per heavy atom. The fourth-order valence-corrected chi connectivity index (χ4v) is 0.373. The number of hydrogen-bond donors (Lipinski definition) is 2. The Labute approximate surface area is 48.5 Å². The molecule has 0 heterocycles. The molecule has 3 heteroatoms. The molecule has 0 radical (unpaired) electrons. The summed E-state index contributed by atoms with van der Waals surface area (Å²) < 4.78 is 0. The average Bonchev–Trinajstić information content (AvgIpc) is 1.67. The number of aliphatic carboxylic acids is 1. The van der Waals surface area contributed by atoms with Gasteiger partial charge in [0.1, 0.15) is 0 Å². The van der Waals surface area contributed by atoms with Crippen LogP contribution >= 0.6 is 0 Å². The lowest BCUT2D eigenvalue weighted by atomic mass is 10.1. The molecule has 3 N–H and O–H groups in total. The van der Waals surface area contributed by atoms with Crippen molar-refractivity contribution in [3.8, 4) is 0 Å². The van der Waals surface area contributed by atoms with E-state index in [0.29, 0.717) is 13.0 Å². The molecule has 0 saturated heterocycles. The quantitative estimate of drug-likeness (QED) is 0.549. The van der Waals surface area contributed by atoms with Gasteiger partial charge in [0, 0.05) is 0 Å². The Hall–Kier alpha value is -0.570. The largest absolute Gasteiger partial charge is 0.481 e. The van der Waals surface area contributed by atoms with Gasteiger partial charge in [-0.3, -0.25) is 4.79 Å². The highest BCUT2D eigenvalue weighted by Crippen LogP contribution is 1.97. The van der Waals surface area contributed by atoms with E-state index < -0.39 is 5.97 Å². The zero-order valence-electron chi connectivity index (χ0n) is 4.92. The van der Waals surface area contributed by atoms with Gasteiger partial charge in [-0.05, 0) is 13.0 Å². The Morgan fingerprint density at radius 2 is 2.38 bits per heavy atom. The van der Waals surface area contributed by atoms with Crippen LogP contribution in [-0.4, -0.2) is 17.6 Å². The predicted molar refractivity (Wildman–Crippen MR) is 30.5 cm³/mol.